The van der Waals surface area contributed by atoms with Crippen molar-refractivity contribution in [3.05, 3.63) is 18.2 Å². The highest BCUT2D eigenvalue weighted by atomic mass is 16.6. The third-order valence-electron chi connectivity index (χ3n) is 4.67. The van der Waals surface area contributed by atoms with Crippen LogP contribution < -0.4 is 19.7 Å². The summed E-state index contributed by atoms with van der Waals surface area (Å²) in [5.74, 6) is 1.44. The summed E-state index contributed by atoms with van der Waals surface area (Å²) >= 11 is 0. The molecule has 0 saturated carbocycles. The molecule has 0 spiro atoms. The summed E-state index contributed by atoms with van der Waals surface area (Å²) in [6.07, 6.45) is 0. The van der Waals surface area contributed by atoms with Crippen molar-refractivity contribution >= 4 is 17.5 Å². The molecule has 1 atom stereocenters. The fraction of sp³-hybridized carbons (Fsp3) is 0.529. The van der Waals surface area contributed by atoms with Crippen molar-refractivity contribution in [3.63, 3.8) is 0 Å². The van der Waals surface area contributed by atoms with E-state index in [2.05, 4.69) is 5.32 Å². The monoisotopic (exact) mass is 334 g/mol. The third kappa shape index (κ3) is 3.62. The molecule has 2 heterocycles. The Bertz CT molecular complexity index is 626. The SMILES string of the molecule is CC(=O)N1CC[NH+]([C@@H](C)C(=O)Nc2ccc3c(c2)OCCO3)CC1. The van der Waals surface area contributed by atoms with Crippen LogP contribution in [0.2, 0.25) is 0 Å². The summed E-state index contributed by atoms with van der Waals surface area (Å²) < 4.78 is 11.0. The van der Waals surface area contributed by atoms with Gasteiger partial charge in [-0.05, 0) is 19.1 Å². The van der Waals surface area contributed by atoms with E-state index in [0.717, 1.165) is 13.1 Å². The Kier molecular flexibility index (Phi) is 4.89. The van der Waals surface area contributed by atoms with Crippen molar-refractivity contribution in [2.24, 2.45) is 0 Å². The lowest BCUT2D eigenvalue weighted by molar-refractivity contribution is -0.917. The van der Waals surface area contributed by atoms with Crippen molar-refractivity contribution in [3.8, 4) is 11.5 Å². The predicted molar refractivity (Wildman–Crippen MR) is 88.5 cm³/mol. The van der Waals surface area contributed by atoms with Gasteiger partial charge >= 0.3 is 0 Å². The van der Waals surface area contributed by atoms with E-state index in [9.17, 15) is 9.59 Å². The van der Waals surface area contributed by atoms with Crippen LogP contribution in [-0.4, -0.2) is 62.1 Å². The van der Waals surface area contributed by atoms with E-state index in [0.29, 0.717) is 43.5 Å². The topological polar surface area (TPSA) is 72.3 Å². The molecule has 24 heavy (non-hydrogen) atoms. The van der Waals surface area contributed by atoms with Crippen LogP contribution in [0.25, 0.3) is 0 Å². The Labute approximate surface area is 141 Å². The van der Waals surface area contributed by atoms with Gasteiger partial charge in [0.05, 0.1) is 26.2 Å². The van der Waals surface area contributed by atoms with Gasteiger partial charge in [0.25, 0.3) is 5.91 Å². The minimum Gasteiger partial charge on any atom is -0.486 e. The fourth-order valence-corrected chi connectivity index (χ4v) is 3.10. The maximum Gasteiger partial charge on any atom is 0.282 e. The van der Waals surface area contributed by atoms with Gasteiger partial charge in [-0.1, -0.05) is 0 Å². The lowest BCUT2D eigenvalue weighted by atomic mass is 10.2. The van der Waals surface area contributed by atoms with E-state index in [4.69, 9.17) is 9.47 Å². The fourth-order valence-electron chi connectivity index (χ4n) is 3.10. The molecule has 7 nitrogen and oxygen atoms in total. The van der Waals surface area contributed by atoms with Gasteiger partial charge in [0.1, 0.15) is 13.2 Å². The molecule has 0 bridgehead atoms. The molecule has 1 fully saturated rings. The lowest BCUT2D eigenvalue weighted by Gasteiger charge is -2.34. The molecule has 1 aromatic rings. The number of amides is 2. The van der Waals surface area contributed by atoms with Crippen LogP contribution in [0.3, 0.4) is 0 Å². The molecule has 1 saturated heterocycles. The number of nitrogens with zero attached hydrogens (tertiary/aromatic N) is 1. The minimum absolute atomic E-state index is 0.0297. The normalized spacial score (nSPS) is 18.8. The molecule has 0 unspecified atom stereocenters. The van der Waals surface area contributed by atoms with Gasteiger partial charge in [-0.25, -0.2) is 0 Å². The zero-order valence-corrected chi connectivity index (χ0v) is 14.1. The lowest BCUT2D eigenvalue weighted by Crippen LogP contribution is -3.19. The number of hydrogen-bond donors (Lipinski definition) is 2. The van der Waals surface area contributed by atoms with Crippen molar-refractivity contribution in [2.75, 3.05) is 44.7 Å². The van der Waals surface area contributed by atoms with Gasteiger partial charge < -0.3 is 24.6 Å². The van der Waals surface area contributed by atoms with E-state index in [1.807, 2.05) is 24.0 Å². The second-order valence-corrected chi connectivity index (χ2v) is 6.23. The highest BCUT2D eigenvalue weighted by Gasteiger charge is 2.30. The molecule has 2 aliphatic rings. The van der Waals surface area contributed by atoms with Crippen LogP contribution in [0.1, 0.15) is 13.8 Å². The Morgan fingerprint density at radius 2 is 1.83 bits per heavy atom. The molecular weight excluding hydrogens is 310 g/mol. The van der Waals surface area contributed by atoms with Gasteiger partial charge in [0, 0.05) is 18.7 Å². The molecule has 7 heteroatoms. The maximum atomic E-state index is 12.5. The standard InChI is InChI=1S/C17H23N3O4/c1-12(19-5-7-20(8-6-19)13(2)21)17(22)18-14-3-4-15-16(11-14)24-10-9-23-15/h3-4,11-12H,5-10H2,1-2H3,(H,18,22)/p+1/t12-/m0/s1. The molecule has 3 rings (SSSR count). The van der Waals surface area contributed by atoms with Crippen LogP contribution in [-0.2, 0) is 9.59 Å². The highest BCUT2D eigenvalue weighted by Crippen LogP contribution is 2.32. The third-order valence-corrected chi connectivity index (χ3v) is 4.67. The number of rotatable bonds is 3. The predicted octanol–water partition coefficient (Wildman–Crippen LogP) is -0.468. The molecule has 0 radical (unpaired) electrons. The summed E-state index contributed by atoms with van der Waals surface area (Å²) in [4.78, 5) is 26.9. The van der Waals surface area contributed by atoms with Crippen molar-refractivity contribution in [1.29, 1.82) is 0 Å². The van der Waals surface area contributed by atoms with Crippen LogP contribution in [0.5, 0.6) is 11.5 Å². The van der Waals surface area contributed by atoms with Gasteiger partial charge in [-0.3, -0.25) is 9.59 Å². The number of nitrogens with one attached hydrogen (secondary N) is 2. The number of quaternary nitrogens is 1. The summed E-state index contributed by atoms with van der Waals surface area (Å²) in [7, 11) is 0. The number of benzene rings is 1. The second kappa shape index (κ2) is 7.09. The van der Waals surface area contributed by atoms with Crippen LogP contribution in [0, 0.1) is 0 Å². The van der Waals surface area contributed by atoms with Crippen LogP contribution in [0.4, 0.5) is 5.69 Å². The average molecular weight is 334 g/mol. The first-order chi connectivity index (χ1) is 11.5. The van der Waals surface area contributed by atoms with E-state index in [1.54, 1.807) is 13.0 Å². The smallest absolute Gasteiger partial charge is 0.282 e. The van der Waals surface area contributed by atoms with E-state index < -0.39 is 0 Å². The Balaban J connectivity index is 1.57. The van der Waals surface area contributed by atoms with E-state index in [-0.39, 0.29) is 17.9 Å². The number of fused-ring (bicyclic) bond motifs is 1. The first-order valence-corrected chi connectivity index (χ1v) is 8.35. The quantitative estimate of drug-likeness (QED) is 0.784. The molecule has 0 aliphatic carbocycles. The van der Waals surface area contributed by atoms with Crippen molar-refractivity contribution in [1.82, 2.24) is 4.90 Å². The van der Waals surface area contributed by atoms with Crippen LogP contribution in [0.15, 0.2) is 18.2 Å². The zero-order chi connectivity index (χ0) is 17.1. The number of piperazine rings is 1. The van der Waals surface area contributed by atoms with Crippen LogP contribution >= 0.6 is 0 Å². The minimum atomic E-state index is -0.174. The largest absolute Gasteiger partial charge is 0.486 e. The van der Waals surface area contributed by atoms with Gasteiger partial charge in [0.15, 0.2) is 17.5 Å². The first kappa shape index (κ1) is 16.6. The number of ether oxygens (including phenoxy) is 2. The summed E-state index contributed by atoms with van der Waals surface area (Å²) in [5.41, 5.74) is 0.706. The molecular formula is C17H24N3O4+. The molecule has 1 aromatic carbocycles. The average Bonchev–Trinajstić information content (AvgIpc) is 2.61. The molecule has 2 N–H and O–H groups in total. The van der Waals surface area contributed by atoms with Gasteiger partial charge in [0.2, 0.25) is 5.91 Å². The Morgan fingerprint density at radius 3 is 2.50 bits per heavy atom. The van der Waals surface area contributed by atoms with Crippen molar-refractivity contribution < 1.29 is 24.0 Å². The Morgan fingerprint density at radius 1 is 1.17 bits per heavy atom. The number of carbonyl (C=O) groups excluding carboxylic acids is 2. The molecule has 2 amide bonds. The number of anilines is 1. The molecule has 0 aromatic heterocycles. The second-order valence-electron chi connectivity index (χ2n) is 6.23. The summed E-state index contributed by atoms with van der Waals surface area (Å²) in [5, 5.41) is 2.95. The van der Waals surface area contributed by atoms with E-state index in [1.165, 1.54) is 4.90 Å². The van der Waals surface area contributed by atoms with E-state index >= 15 is 0 Å². The Hall–Kier alpha value is -2.28. The van der Waals surface area contributed by atoms with Crippen molar-refractivity contribution in [2.45, 2.75) is 19.9 Å². The zero-order valence-electron chi connectivity index (χ0n) is 14.1. The van der Waals surface area contributed by atoms with Gasteiger partial charge in [-0.15, -0.1) is 0 Å². The first-order valence-electron chi connectivity index (χ1n) is 8.35. The molecule has 130 valence electrons. The highest BCUT2D eigenvalue weighted by molar-refractivity contribution is 5.94. The summed E-state index contributed by atoms with van der Waals surface area (Å²) in [6, 6.07) is 5.25. The number of carbonyl (C=O) groups is 2. The molecule has 2 aliphatic heterocycles. The van der Waals surface area contributed by atoms with Gasteiger partial charge in [-0.2, -0.15) is 0 Å². The maximum absolute atomic E-state index is 12.5. The summed E-state index contributed by atoms with van der Waals surface area (Å²) in [6.45, 7) is 7.55. The number of hydrogen-bond acceptors (Lipinski definition) is 4.